The van der Waals surface area contributed by atoms with Crippen molar-refractivity contribution in [2.45, 2.75) is 52.6 Å². The molecule has 2 amide bonds. The first-order valence-corrected chi connectivity index (χ1v) is 10.7. The highest BCUT2D eigenvalue weighted by molar-refractivity contribution is 5.89. The third kappa shape index (κ3) is 4.53. The normalized spacial score (nSPS) is 12.0. The smallest absolute Gasteiger partial charge is 0.314 e. The van der Waals surface area contributed by atoms with E-state index < -0.39 is 0 Å². The fourth-order valence-electron chi connectivity index (χ4n) is 3.78. The molecule has 0 fully saturated rings. The molecule has 0 spiro atoms. The van der Waals surface area contributed by atoms with Crippen LogP contribution in [0.1, 0.15) is 51.9 Å². The van der Waals surface area contributed by atoms with Crippen LogP contribution in [-0.4, -0.2) is 27.0 Å². The summed E-state index contributed by atoms with van der Waals surface area (Å²) < 4.78 is 1.74. The number of fused-ring (bicyclic) bond motifs is 1. The summed E-state index contributed by atoms with van der Waals surface area (Å²) in [5.41, 5.74) is 1.37. The molecule has 0 radical (unpaired) electrons. The first kappa shape index (κ1) is 21.6. The molecule has 1 N–H and O–H groups in total. The summed E-state index contributed by atoms with van der Waals surface area (Å²) in [4.78, 5) is 33.1. The Kier molecular flexibility index (Phi) is 7.22. The predicted octanol–water partition coefficient (Wildman–Crippen LogP) is 5.20. The number of rotatable bonds is 8. The topological polar surface area (TPSA) is 67.2 Å². The van der Waals surface area contributed by atoms with E-state index in [0.717, 1.165) is 18.5 Å². The first-order valence-electron chi connectivity index (χ1n) is 10.7. The van der Waals surface area contributed by atoms with Gasteiger partial charge in [-0.05, 0) is 43.5 Å². The van der Waals surface area contributed by atoms with Crippen molar-refractivity contribution in [2.24, 2.45) is 0 Å². The maximum Gasteiger partial charge on any atom is 0.322 e. The van der Waals surface area contributed by atoms with Crippen molar-refractivity contribution >= 4 is 22.6 Å². The summed E-state index contributed by atoms with van der Waals surface area (Å²) in [5, 5.41) is 3.60. The van der Waals surface area contributed by atoms with Crippen LogP contribution in [0.25, 0.3) is 10.9 Å². The number of para-hydroxylation sites is 2. The average Bonchev–Trinajstić information content (AvgIpc) is 2.77. The Morgan fingerprint density at radius 2 is 1.73 bits per heavy atom. The number of nitrogens with one attached hydrogen (secondary N) is 1. The molecule has 3 rings (SSSR count). The van der Waals surface area contributed by atoms with Crippen molar-refractivity contribution < 1.29 is 4.79 Å². The quantitative estimate of drug-likeness (QED) is 0.559. The van der Waals surface area contributed by atoms with E-state index in [1.807, 2.05) is 75.4 Å². The second kappa shape index (κ2) is 10.1. The Hall–Kier alpha value is -3.15. The lowest BCUT2D eigenvalue weighted by atomic mass is 10.1. The minimum absolute atomic E-state index is 0.0455. The Morgan fingerprint density at radius 3 is 2.40 bits per heavy atom. The minimum atomic E-state index is -0.294. The van der Waals surface area contributed by atoms with Crippen LogP contribution in [0, 0.1) is 0 Å². The van der Waals surface area contributed by atoms with Gasteiger partial charge in [0, 0.05) is 18.8 Å². The van der Waals surface area contributed by atoms with Gasteiger partial charge in [-0.25, -0.2) is 9.78 Å². The van der Waals surface area contributed by atoms with Gasteiger partial charge >= 0.3 is 6.03 Å². The molecule has 0 aliphatic carbocycles. The van der Waals surface area contributed by atoms with Crippen LogP contribution in [-0.2, 0) is 6.54 Å². The molecule has 0 saturated heterocycles. The maximum absolute atomic E-state index is 13.2. The number of amides is 2. The largest absolute Gasteiger partial charge is 0.322 e. The van der Waals surface area contributed by atoms with E-state index in [4.69, 9.17) is 4.98 Å². The van der Waals surface area contributed by atoms with Crippen molar-refractivity contribution in [3.8, 4) is 0 Å². The van der Waals surface area contributed by atoms with E-state index in [1.165, 1.54) is 0 Å². The number of carbonyl (C=O) groups is 1. The molecule has 0 aliphatic heterocycles. The maximum atomic E-state index is 13.2. The summed E-state index contributed by atoms with van der Waals surface area (Å²) >= 11 is 0. The van der Waals surface area contributed by atoms with E-state index in [9.17, 15) is 9.59 Å². The molecular weight excluding hydrogens is 376 g/mol. The summed E-state index contributed by atoms with van der Waals surface area (Å²) in [6.45, 7) is 7.26. The zero-order valence-corrected chi connectivity index (χ0v) is 18.0. The van der Waals surface area contributed by atoms with Crippen molar-refractivity contribution in [3.63, 3.8) is 0 Å². The Labute approximate surface area is 177 Å². The van der Waals surface area contributed by atoms with Gasteiger partial charge in [-0.3, -0.25) is 9.36 Å². The lowest BCUT2D eigenvalue weighted by Crippen LogP contribution is -2.41. The molecule has 1 unspecified atom stereocenters. The number of benzene rings is 2. The van der Waals surface area contributed by atoms with Crippen molar-refractivity contribution in [1.29, 1.82) is 0 Å². The monoisotopic (exact) mass is 406 g/mol. The average molecular weight is 407 g/mol. The molecule has 1 heterocycles. The van der Waals surface area contributed by atoms with Gasteiger partial charge in [0.15, 0.2) is 0 Å². The van der Waals surface area contributed by atoms with E-state index in [-0.39, 0.29) is 17.6 Å². The SMILES string of the molecule is CCCN(C(=O)Nc1ccccc1)C(CC)c1nc2ccccc2c(=O)n1CCC. The molecule has 1 atom stereocenters. The molecule has 2 aromatic carbocycles. The van der Waals surface area contributed by atoms with E-state index in [2.05, 4.69) is 5.32 Å². The molecule has 30 heavy (non-hydrogen) atoms. The number of carbonyl (C=O) groups excluding carboxylic acids is 1. The number of hydrogen-bond acceptors (Lipinski definition) is 3. The lowest BCUT2D eigenvalue weighted by molar-refractivity contribution is 0.180. The zero-order chi connectivity index (χ0) is 21.5. The van der Waals surface area contributed by atoms with Gasteiger partial charge in [-0.2, -0.15) is 0 Å². The van der Waals surface area contributed by atoms with Gasteiger partial charge in [-0.1, -0.05) is 51.1 Å². The second-order valence-electron chi connectivity index (χ2n) is 7.36. The van der Waals surface area contributed by atoms with Crippen molar-refractivity contribution in [2.75, 3.05) is 11.9 Å². The molecule has 6 heteroatoms. The van der Waals surface area contributed by atoms with Crippen LogP contribution in [0.4, 0.5) is 10.5 Å². The highest BCUT2D eigenvalue weighted by atomic mass is 16.2. The molecule has 6 nitrogen and oxygen atoms in total. The van der Waals surface area contributed by atoms with Crippen molar-refractivity contribution in [1.82, 2.24) is 14.5 Å². The van der Waals surface area contributed by atoms with Gasteiger partial charge in [0.25, 0.3) is 5.56 Å². The lowest BCUT2D eigenvalue weighted by Gasteiger charge is -2.32. The van der Waals surface area contributed by atoms with Gasteiger partial charge in [0.1, 0.15) is 5.82 Å². The van der Waals surface area contributed by atoms with Gasteiger partial charge in [0.2, 0.25) is 0 Å². The van der Waals surface area contributed by atoms with Gasteiger partial charge in [-0.15, -0.1) is 0 Å². The van der Waals surface area contributed by atoms with E-state index in [1.54, 1.807) is 9.47 Å². The van der Waals surface area contributed by atoms with E-state index >= 15 is 0 Å². The predicted molar refractivity (Wildman–Crippen MR) is 122 cm³/mol. The number of anilines is 1. The Morgan fingerprint density at radius 1 is 1.03 bits per heavy atom. The summed E-state index contributed by atoms with van der Waals surface area (Å²) in [5.74, 6) is 0.653. The molecule has 3 aromatic rings. The van der Waals surface area contributed by atoms with Crippen LogP contribution in [0.15, 0.2) is 59.4 Å². The van der Waals surface area contributed by atoms with Crippen molar-refractivity contribution in [3.05, 3.63) is 70.8 Å². The number of urea groups is 1. The summed E-state index contributed by atoms with van der Waals surface area (Å²) in [7, 11) is 0. The summed E-state index contributed by atoms with van der Waals surface area (Å²) in [6, 6.07) is 16.4. The van der Waals surface area contributed by atoms with Crippen LogP contribution in [0.5, 0.6) is 0 Å². The Balaban J connectivity index is 2.07. The van der Waals surface area contributed by atoms with Gasteiger partial charge in [0.05, 0.1) is 16.9 Å². The van der Waals surface area contributed by atoms with Crippen LogP contribution >= 0.6 is 0 Å². The van der Waals surface area contributed by atoms with Gasteiger partial charge < -0.3 is 10.2 Å². The number of hydrogen-bond donors (Lipinski definition) is 1. The number of nitrogens with zero attached hydrogens (tertiary/aromatic N) is 3. The fraction of sp³-hybridized carbons (Fsp3) is 0.375. The minimum Gasteiger partial charge on any atom is -0.314 e. The molecular formula is C24H30N4O2. The van der Waals surface area contributed by atoms with Crippen LogP contribution in [0.3, 0.4) is 0 Å². The first-order chi connectivity index (χ1) is 14.6. The molecule has 1 aromatic heterocycles. The molecule has 0 bridgehead atoms. The van der Waals surface area contributed by atoms with Crippen LogP contribution in [0.2, 0.25) is 0 Å². The molecule has 158 valence electrons. The second-order valence-corrected chi connectivity index (χ2v) is 7.36. The number of aromatic nitrogens is 2. The van der Waals surface area contributed by atoms with Crippen LogP contribution < -0.4 is 10.9 Å². The highest BCUT2D eigenvalue weighted by Gasteiger charge is 2.28. The third-order valence-corrected chi connectivity index (χ3v) is 5.15. The fourth-order valence-corrected chi connectivity index (χ4v) is 3.78. The highest BCUT2D eigenvalue weighted by Crippen LogP contribution is 2.25. The Bertz CT molecular complexity index is 1050. The zero-order valence-electron chi connectivity index (χ0n) is 18.0. The standard InChI is InChI=1S/C24H30N4O2/c1-4-16-27(24(30)25-18-12-8-7-9-13-18)21(6-3)22-26-20-15-11-10-14-19(20)23(29)28(22)17-5-2/h7-15,21H,4-6,16-17H2,1-3H3,(H,25,30). The third-order valence-electron chi connectivity index (χ3n) is 5.15. The molecule has 0 saturated carbocycles. The molecule has 0 aliphatic rings. The van der Waals surface area contributed by atoms with E-state index in [0.29, 0.717) is 36.2 Å². The summed E-state index contributed by atoms with van der Waals surface area (Å²) in [6.07, 6.45) is 2.29.